The summed E-state index contributed by atoms with van der Waals surface area (Å²) >= 11 is 0. The van der Waals surface area contributed by atoms with Gasteiger partial charge in [0.05, 0.1) is 12.4 Å². The second-order valence-corrected chi connectivity index (χ2v) is 7.82. The molecule has 0 unspecified atom stereocenters. The first-order chi connectivity index (χ1) is 10.5. The van der Waals surface area contributed by atoms with Gasteiger partial charge in [-0.15, -0.1) is 0 Å². The van der Waals surface area contributed by atoms with E-state index < -0.39 is 15.7 Å². The Morgan fingerprint density at radius 1 is 1.14 bits per heavy atom. The van der Waals surface area contributed by atoms with E-state index in [0.29, 0.717) is 12.8 Å². The number of hydrogen-bond acceptors (Lipinski definition) is 6. The monoisotopic (exact) mass is 328 g/mol. The third kappa shape index (κ3) is 4.68. The summed E-state index contributed by atoms with van der Waals surface area (Å²) in [4.78, 5) is 0. The van der Waals surface area contributed by atoms with Gasteiger partial charge >= 0.3 is 10.1 Å². The minimum Gasteiger partial charge on any atom is -0.365 e. The molecule has 124 valence electrons. The van der Waals surface area contributed by atoms with Gasteiger partial charge in [0.25, 0.3) is 0 Å². The van der Waals surface area contributed by atoms with Crippen molar-refractivity contribution in [2.45, 2.75) is 75.9 Å². The summed E-state index contributed by atoms with van der Waals surface area (Å²) in [5.74, 6) is 0. The summed E-state index contributed by atoms with van der Waals surface area (Å²) in [5, 5.41) is 13.1. The molecule has 2 saturated carbocycles. The maximum Gasteiger partial charge on any atom is 0.325 e. The van der Waals surface area contributed by atoms with E-state index in [1.807, 2.05) is 6.07 Å². The molecule has 0 atom stereocenters. The van der Waals surface area contributed by atoms with Gasteiger partial charge in [-0.2, -0.15) is 13.7 Å². The van der Waals surface area contributed by atoms with E-state index in [2.05, 4.69) is 9.44 Å². The van der Waals surface area contributed by atoms with Crippen LogP contribution in [0, 0.1) is 11.3 Å². The minimum atomic E-state index is -3.72. The summed E-state index contributed by atoms with van der Waals surface area (Å²) in [6.07, 6.45) is 10.9. The lowest BCUT2D eigenvalue weighted by molar-refractivity contribution is -0.0817. The van der Waals surface area contributed by atoms with Crippen LogP contribution in [0.15, 0.2) is 5.16 Å². The van der Waals surface area contributed by atoms with Gasteiger partial charge < -0.3 is 4.74 Å². The number of nitrogens with zero attached hydrogens (tertiary/aromatic N) is 2. The average Bonchev–Trinajstić information content (AvgIpc) is 2.48. The van der Waals surface area contributed by atoms with E-state index in [4.69, 9.17) is 4.74 Å². The quantitative estimate of drug-likeness (QED) is 0.572. The maximum absolute atomic E-state index is 11.1. The zero-order chi connectivity index (χ0) is 16.1. The van der Waals surface area contributed by atoms with Crippen LogP contribution in [0.25, 0.3) is 0 Å². The molecule has 0 spiro atoms. The van der Waals surface area contributed by atoms with Gasteiger partial charge in [-0.1, -0.05) is 43.7 Å². The van der Waals surface area contributed by atoms with Gasteiger partial charge in [-0.3, -0.25) is 4.28 Å². The largest absolute Gasteiger partial charge is 0.365 e. The van der Waals surface area contributed by atoms with Gasteiger partial charge in [-0.25, -0.2) is 0 Å². The number of hydrogen-bond donors (Lipinski definition) is 0. The zero-order valence-corrected chi connectivity index (χ0v) is 13.9. The topological polar surface area (TPSA) is 88.8 Å². The van der Waals surface area contributed by atoms with Crippen LogP contribution in [0.2, 0.25) is 0 Å². The van der Waals surface area contributed by atoms with Crippen molar-refractivity contribution in [3.63, 3.8) is 0 Å². The van der Waals surface area contributed by atoms with Crippen LogP contribution in [0.1, 0.15) is 64.2 Å². The molecule has 0 heterocycles. The van der Waals surface area contributed by atoms with Gasteiger partial charge in [0.1, 0.15) is 11.7 Å². The SMILES string of the molecule is CS(=O)(=O)ON=C(C#N)C1(OC2CCCCC2)CCCCC1. The molecule has 0 aromatic rings. The first-order valence-electron chi connectivity index (χ1n) is 8.00. The molecule has 0 aliphatic heterocycles. The highest BCUT2D eigenvalue weighted by atomic mass is 32.2. The molecule has 0 radical (unpaired) electrons. The molecule has 0 N–H and O–H groups in total. The van der Waals surface area contributed by atoms with Crippen LogP contribution < -0.4 is 0 Å². The summed E-state index contributed by atoms with van der Waals surface area (Å²) < 4.78 is 33.1. The fourth-order valence-corrected chi connectivity index (χ4v) is 3.56. The summed E-state index contributed by atoms with van der Waals surface area (Å²) in [7, 11) is -3.72. The average molecular weight is 328 g/mol. The Balaban J connectivity index is 2.20. The van der Waals surface area contributed by atoms with Crippen molar-refractivity contribution in [2.75, 3.05) is 6.26 Å². The molecular weight excluding hydrogens is 304 g/mol. The second kappa shape index (κ2) is 7.42. The summed E-state index contributed by atoms with van der Waals surface area (Å²) in [6.45, 7) is 0. The molecule has 0 aromatic heterocycles. The van der Waals surface area contributed by atoms with Crippen LogP contribution in [0.4, 0.5) is 0 Å². The Labute approximate surface area is 132 Å². The van der Waals surface area contributed by atoms with Crippen LogP contribution in [-0.2, 0) is 19.1 Å². The molecule has 2 aliphatic rings. The summed E-state index contributed by atoms with van der Waals surface area (Å²) in [6, 6.07) is 2.01. The lowest BCUT2D eigenvalue weighted by atomic mass is 9.80. The van der Waals surface area contributed by atoms with E-state index in [-0.39, 0.29) is 11.8 Å². The smallest absolute Gasteiger partial charge is 0.325 e. The van der Waals surface area contributed by atoms with E-state index in [1.54, 1.807) is 0 Å². The van der Waals surface area contributed by atoms with E-state index in [0.717, 1.165) is 51.2 Å². The molecule has 0 aromatic carbocycles. The lowest BCUT2D eigenvalue weighted by Crippen LogP contribution is -2.46. The standard InChI is InChI=1S/C15H24N2O4S/c1-22(18,19)21-17-14(12-16)15(10-6-3-7-11-15)20-13-8-4-2-5-9-13/h13H,2-11H2,1H3. The molecule has 0 bridgehead atoms. The highest BCUT2D eigenvalue weighted by Crippen LogP contribution is 2.37. The molecule has 2 fully saturated rings. The Morgan fingerprint density at radius 2 is 1.73 bits per heavy atom. The highest BCUT2D eigenvalue weighted by molar-refractivity contribution is 7.85. The van der Waals surface area contributed by atoms with Gasteiger partial charge in [0, 0.05) is 0 Å². The summed E-state index contributed by atoms with van der Waals surface area (Å²) in [5.41, 5.74) is -0.720. The Kier molecular flexibility index (Phi) is 5.81. The molecule has 22 heavy (non-hydrogen) atoms. The molecule has 2 rings (SSSR count). The van der Waals surface area contributed by atoms with Crippen molar-refractivity contribution >= 4 is 15.8 Å². The Hall–Kier alpha value is -1.13. The van der Waals surface area contributed by atoms with Crippen molar-refractivity contribution in [2.24, 2.45) is 5.16 Å². The van der Waals surface area contributed by atoms with Crippen LogP contribution >= 0.6 is 0 Å². The fourth-order valence-electron chi connectivity index (χ4n) is 3.35. The molecular formula is C15H24N2O4S. The third-order valence-corrected chi connectivity index (χ3v) is 4.75. The Bertz CT molecular complexity index is 538. The number of ether oxygens (including phenoxy) is 1. The molecule has 0 amide bonds. The second-order valence-electron chi connectivity index (χ2n) is 6.26. The zero-order valence-electron chi connectivity index (χ0n) is 13.1. The van der Waals surface area contributed by atoms with Gasteiger partial charge in [0.2, 0.25) is 0 Å². The van der Waals surface area contributed by atoms with Crippen molar-refractivity contribution in [1.82, 2.24) is 0 Å². The van der Waals surface area contributed by atoms with Crippen LogP contribution in [0.3, 0.4) is 0 Å². The molecule has 0 saturated heterocycles. The van der Waals surface area contributed by atoms with E-state index in [1.165, 1.54) is 6.42 Å². The Morgan fingerprint density at radius 3 is 2.27 bits per heavy atom. The normalized spacial score (nSPS) is 23.7. The number of oxime groups is 1. The van der Waals surface area contributed by atoms with Crippen molar-refractivity contribution < 1.29 is 17.4 Å². The van der Waals surface area contributed by atoms with Crippen molar-refractivity contribution in [3.05, 3.63) is 0 Å². The minimum absolute atomic E-state index is 0.0585. The number of nitriles is 1. The van der Waals surface area contributed by atoms with Crippen LogP contribution in [-0.4, -0.2) is 32.1 Å². The highest BCUT2D eigenvalue weighted by Gasteiger charge is 2.42. The number of rotatable bonds is 5. The third-order valence-electron chi connectivity index (χ3n) is 4.41. The first-order valence-corrected chi connectivity index (χ1v) is 9.82. The van der Waals surface area contributed by atoms with E-state index in [9.17, 15) is 13.7 Å². The van der Waals surface area contributed by atoms with E-state index >= 15 is 0 Å². The molecule has 6 nitrogen and oxygen atoms in total. The van der Waals surface area contributed by atoms with Gasteiger partial charge in [0.15, 0.2) is 5.71 Å². The predicted octanol–water partition coefficient (Wildman–Crippen LogP) is 2.89. The predicted molar refractivity (Wildman–Crippen MR) is 82.8 cm³/mol. The van der Waals surface area contributed by atoms with Crippen molar-refractivity contribution in [1.29, 1.82) is 5.26 Å². The van der Waals surface area contributed by atoms with Crippen LogP contribution in [0.5, 0.6) is 0 Å². The van der Waals surface area contributed by atoms with Crippen molar-refractivity contribution in [3.8, 4) is 6.07 Å². The lowest BCUT2D eigenvalue weighted by Gasteiger charge is -2.39. The maximum atomic E-state index is 11.1. The van der Waals surface area contributed by atoms with Gasteiger partial charge in [-0.05, 0) is 25.7 Å². The molecule has 2 aliphatic carbocycles. The fraction of sp³-hybridized carbons (Fsp3) is 0.867. The molecule has 7 heteroatoms. The first kappa shape index (κ1) is 17.2.